The Morgan fingerprint density at radius 2 is 1.72 bits per heavy atom. The van der Waals surface area contributed by atoms with Gasteiger partial charge >= 0.3 is 0 Å². The molecule has 2 aromatic carbocycles. The monoisotopic (exact) mass is 431 g/mol. The van der Waals surface area contributed by atoms with E-state index in [2.05, 4.69) is 20.5 Å². The number of aromatic nitrogens is 2. The lowest BCUT2D eigenvalue weighted by Crippen LogP contribution is -2.27. The maximum absolute atomic E-state index is 13.1. The minimum atomic E-state index is -0.427. The zero-order valence-electron chi connectivity index (χ0n) is 17.7. The molecule has 3 aromatic rings. The normalized spacial score (nSPS) is 18.1. The van der Waals surface area contributed by atoms with E-state index in [-0.39, 0.29) is 11.8 Å². The van der Waals surface area contributed by atoms with Gasteiger partial charge in [0.2, 0.25) is 0 Å². The van der Waals surface area contributed by atoms with Crippen LogP contribution in [0.1, 0.15) is 36.0 Å². The molecule has 2 N–H and O–H groups in total. The van der Waals surface area contributed by atoms with Crippen LogP contribution in [0.2, 0.25) is 0 Å². The fourth-order valence-electron chi connectivity index (χ4n) is 4.15. The lowest BCUT2D eigenvalue weighted by atomic mass is 10.1. The second-order valence-electron chi connectivity index (χ2n) is 8.10. The number of amides is 2. The molecule has 1 atom stereocenters. The zero-order chi connectivity index (χ0) is 21.9. The second-order valence-corrected chi connectivity index (χ2v) is 8.10. The Balaban J connectivity index is 1.38. The first-order valence-corrected chi connectivity index (χ1v) is 11.0. The van der Waals surface area contributed by atoms with Crippen LogP contribution in [0.3, 0.4) is 0 Å². The fourth-order valence-corrected chi connectivity index (χ4v) is 4.15. The molecular weight excluding hydrogens is 406 g/mol. The highest BCUT2D eigenvalue weighted by Crippen LogP contribution is 2.28. The molecule has 0 aliphatic carbocycles. The summed E-state index contributed by atoms with van der Waals surface area (Å²) >= 11 is 0. The molecular formula is C24H25N5O3. The molecule has 0 spiro atoms. The minimum Gasteiger partial charge on any atom is -0.368 e. The van der Waals surface area contributed by atoms with Gasteiger partial charge in [0, 0.05) is 30.9 Å². The van der Waals surface area contributed by atoms with Crippen LogP contribution in [0.5, 0.6) is 0 Å². The second kappa shape index (κ2) is 8.92. The average molecular weight is 431 g/mol. The van der Waals surface area contributed by atoms with Gasteiger partial charge in [0.15, 0.2) is 11.6 Å². The van der Waals surface area contributed by atoms with Crippen molar-refractivity contribution in [1.29, 1.82) is 0 Å². The molecule has 3 heterocycles. The van der Waals surface area contributed by atoms with Gasteiger partial charge in [0.25, 0.3) is 11.8 Å². The summed E-state index contributed by atoms with van der Waals surface area (Å²) in [5.41, 5.74) is 2.51. The first-order chi connectivity index (χ1) is 15.7. The number of ether oxygens (including phenoxy) is 1. The van der Waals surface area contributed by atoms with Crippen molar-refractivity contribution >= 4 is 40.2 Å². The third-order valence-electron chi connectivity index (χ3n) is 5.80. The molecule has 8 nitrogen and oxygen atoms in total. The Kier molecular flexibility index (Phi) is 5.68. The van der Waals surface area contributed by atoms with E-state index in [1.54, 1.807) is 24.3 Å². The topological polar surface area (TPSA) is 96.5 Å². The van der Waals surface area contributed by atoms with Gasteiger partial charge in [0.1, 0.15) is 6.10 Å². The predicted octanol–water partition coefficient (Wildman–Crippen LogP) is 3.60. The Morgan fingerprint density at radius 3 is 2.47 bits per heavy atom. The van der Waals surface area contributed by atoms with Crippen LogP contribution in [-0.2, 0) is 9.53 Å². The van der Waals surface area contributed by atoms with Crippen molar-refractivity contribution in [3.63, 3.8) is 0 Å². The minimum absolute atomic E-state index is 0.184. The van der Waals surface area contributed by atoms with Gasteiger partial charge in [-0.1, -0.05) is 18.2 Å². The van der Waals surface area contributed by atoms with Gasteiger partial charge < -0.3 is 20.3 Å². The molecule has 2 saturated heterocycles. The largest absolute Gasteiger partial charge is 0.368 e. The van der Waals surface area contributed by atoms with Gasteiger partial charge in [0.05, 0.1) is 11.0 Å². The van der Waals surface area contributed by atoms with Crippen LogP contribution in [0.15, 0.2) is 48.5 Å². The highest BCUT2D eigenvalue weighted by Gasteiger charge is 2.24. The molecule has 1 aromatic heterocycles. The molecule has 2 aliphatic rings. The van der Waals surface area contributed by atoms with Crippen molar-refractivity contribution in [3.05, 3.63) is 54.1 Å². The van der Waals surface area contributed by atoms with E-state index in [0.29, 0.717) is 35.9 Å². The van der Waals surface area contributed by atoms with Gasteiger partial charge in [-0.3, -0.25) is 9.59 Å². The van der Waals surface area contributed by atoms with Crippen LogP contribution in [0.25, 0.3) is 11.0 Å². The molecule has 2 amide bonds. The van der Waals surface area contributed by atoms with Crippen LogP contribution >= 0.6 is 0 Å². The first-order valence-electron chi connectivity index (χ1n) is 11.0. The highest BCUT2D eigenvalue weighted by molar-refractivity contribution is 6.06. The molecule has 8 heteroatoms. The van der Waals surface area contributed by atoms with Gasteiger partial charge in [-0.05, 0) is 56.0 Å². The third kappa shape index (κ3) is 4.27. The smallest absolute Gasteiger partial charge is 0.256 e. The van der Waals surface area contributed by atoms with Gasteiger partial charge in [-0.15, -0.1) is 0 Å². The highest BCUT2D eigenvalue weighted by atomic mass is 16.5. The summed E-state index contributed by atoms with van der Waals surface area (Å²) in [4.78, 5) is 37.0. The van der Waals surface area contributed by atoms with Crippen LogP contribution in [0, 0.1) is 0 Å². The van der Waals surface area contributed by atoms with Gasteiger partial charge in [-0.25, -0.2) is 9.97 Å². The van der Waals surface area contributed by atoms with Crippen molar-refractivity contribution in [1.82, 2.24) is 9.97 Å². The molecule has 5 rings (SSSR count). The van der Waals surface area contributed by atoms with E-state index < -0.39 is 6.10 Å². The summed E-state index contributed by atoms with van der Waals surface area (Å²) in [6, 6.07) is 14.5. The number of carbonyl (C=O) groups excluding carboxylic acids is 2. The molecule has 164 valence electrons. The van der Waals surface area contributed by atoms with Crippen molar-refractivity contribution in [3.8, 4) is 0 Å². The molecule has 0 bridgehead atoms. The number of fused-ring (bicyclic) bond motifs is 1. The van der Waals surface area contributed by atoms with Crippen LogP contribution in [0.4, 0.5) is 17.3 Å². The Morgan fingerprint density at radius 1 is 0.938 bits per heavy atom. The fraction of sp³-hybridized carbons (Fsp3) is 0.333. The number of hydrogen-bond acceptors (Lipinski definition) is 6. The molecule has 0 unspecified atom stereocenters. The lowest BCUT2D eigenvalue weighted by molar-refractivity contribution is -0.124. The first kappa shape index (κ1) is 20.4. The Labute approximate surface area is 186 Å². The van der Waals surface area contributed by atoms with Crippen molar-refractivity contribution in [2.75, 3.05) is 35.2 Å². The lowest BCUT2D eigenvalue weighted by Gasteiger charge is -2.20. The van der Waals surface area contributed by atoms with E-state index in [4.69, 9.17) is 9.72 Å². The number of carbonyl (C=O) groups is 2. The Hall–Kier alpha value is -3.52. The van der Waals surface area contributed by atoms with Crippen molar-refractivity contribution < 1.29 is 14.3 Å². The number of rotatable bonds is 5. The van der Waals surface area contributed by atoms with E-state index in [1.165, 1.54) is 0 Å². The number of benzene rings is 2. The summed E-state index contributed by atoms with van der Waals surface area (Å²) in [7, 11) is 0. The molecule has 0 radical (unpaired) electrons. The SMILES string of the molecule is O=C(Nc1nc2ccccc2nc1N1CCCC1)c1cccc(NC(=O)[C@@H]2CCCO2)c1. The average Bonchev–Trinajstić information content (AvgIpc) is 3.53. The number of anilines is 3. The summed E-state index contributed by atoms with van der Waals surface area (Å²) in [5.74, 6) is 0.654. The number of para-hydroxylation sites is 2. The molecule has 2 fully saturated rings. The zero-order valence-corrected chi connectivity index (χ0v) is 17.7. The number of hydrogen-bond donors (Lipinski definition) is 2. The van der Waals surface area contributed by atoms with Crippen molar-refractivity contribution in [2.24, 2.45) is 0 Å². The van der Waals surface area contributed by atoms with E-state index in [0.717, 1.165) is 43.4 Å². The van der Waals surface area contributed by atoms with Crippen LogP contribution < -0.4 is 15.5 Å². The van der Waals surface area contributed by atoms with Crippen LogP contribution in [-0.4, -0.2) is 47.6 Å². The van der Waals surface area contributed by atoms with Gasteiger partial charge in [-0.2, -0.15) is 0 Å². The standard InChI is InChI=1S/C24H25N5O3/c30-23(16-7-5-8-17(15-16)25-24(31)20-11-6-14-32-20)28-21-22(29-12-3-4-13-29)27-19-10-2-1-9-18(19)26-21/h1-2,5,7-10,15,20H,3-4,6,11-14H2,(H,25,31)(H,26,28,30)/t20-/m0/s1. The summed E-state index contributed by atoms with van der Waals surface area (Å²) in [5, 5.41) is 5.78. The summed E-state index contributed by atoms with van der Waals surface area (Å²) in [6.07, 6.45) is 3.35. The predicted molar refractivity (Wildman–Crippen MR) is 123 cm³/mol. The summed E-state index contributed by atoms with van der Waals surface area (Å²) < 4.78 is 5.43. The molecule has 0 saturated carbocycles. The Bertz CT molecular complexity index is 1150. The number of nitrogens with zero attached hydrogens (tertiary/aromatic N) is 3. The third-order valence-corrected chi connectivity index (χ3v) is 5.80. The maximum Gasteiger partial charge on any atom is 0.256 e. The van der Waals surface area contributed by atoms with E-state index in [9.17, 15) is 9.59 Å². The summed E-state index contributed by atoms with van der Waals surface area (Å²) in [6.45, 7) is 2.38. The quantitative estimate of drug-likeness (QED) is 0.641. The van der Waals surface area contributed by atoms with Crippen molar-refractivity contribution in [2.45, 2.75) is 31.8 Å². The van der Waals surface area contributed by atoms with E-state index in [1.807, 2.05) is 24.3 Å². The van der Waals surface area contributed by atoms with E-state index >= 15 is 0 Å². The molecule has 32 heavy (non-hydrogen) atoms. The maximum atomic E-state index is 13.1. The molecule has 2 aliphatic heterocycles. The number of nitrogens with one attached hydrogen (secondary N) is 2.